The van der Waals surface area contributed by atoms with E-state index in [1.54, 1.807) is 0 Å². The number of aliphatic imine (C=N–C) groups is 1. The minimum Gasteiger partial charge on any atom is -0.508 e. The molecule has 0 saturated heterocycles. The smallest absolute Gasteiger partial charge is 0.433 e. The molecular weight excluding hydrogens is 361 g/mol. The van der Waals surface area contributed by atoms with E-state index in [1.807, 2.05) is 13.0 Å². The number of alkyl halides is 3. The lowest BCUT2D eigenvalue weighted by atomic mass is 9.93. The molecule has 0 aliphatic carbocycles. The predicted molar refractivity (Wildman–Crippen MR) is 104 cm³/mol. The molecule has 1 rings (SSSR count). The third-order valence-electron chi connectivity index (χ3n) is 4.22. The largest absolute Gasteiger partial charge is 0.508 e. The number of rotatable bonds is 6. The summed E-state index contributed by atoms with van der Waals surface area (Å²) in [4.78, 5) is 3.80. The van der Waals surface area contributed by atoms with Crippen LogP contribution in [0.4, 0.5) is 13.2 Å². The fraction of sp³-hybridized carbons (Fsp3) is 0.526. The molecule has 146 valence electrons. The number of nitrogens with zero attached hydrogens (tertiary/aromatic N) is 1. The maximum atomic E-state index is 13.1. The van der Waals surface area contributed by atoms with Crippen LogP contribution in [0.25, 0.3) is 0 Å². The van der Waals surface area contributed by atoms with Gasteiger partial charge in [0.05, 0.1) is 5.04 Å². The molecule has 1 heterocycles. The summed E-state index contributed by atoms with van der Waals surface area (Å²) in [5, 5.41) is 9.92. The van der Waals surface area contributed by atoms with E-state index in [4.69, 9.17) is 5.73 Å². The Balaban J connectivity index is 3.11. The SMILES string of the molecule is CCC(/C=C\N)=C(\CSC1=N/C(C(F)(F)F)=C\C(O)=C/CC1)C(C)CC. The zero-order valence-electron chi connectivity index (χ0n) is 15.4. The molecular formula is C19H27F3N2OS. The van der Waals surface area contributed by atoms with Crippen molar-refractivity contribution in [2.24, 2.45) is 16.6 Å². The van der Waals surface area contributed by atoms with Crippen molar-refractivity contribution in [3.05, 3.63) is 47.0 Å². The fourth-order valence-electron chi connectivity index (χ4n) is 2.54. The van der Waals surface area contributed by atoms with Crippen molar-refractivity contribution < 1.29 is 18.3 Å². The second-order valence-corrected chi connectivity index (χ2v) is 7.11. The van der Waals surface area contributed by atoms with Crippen LogP contribution < -0.4 is 5.73 Å². The summed E-state index contributed by atoms with van der Waals surface area (Å²) in [6.45, 7) is 6.23. The van der Waals surface area contributed by atoms with E-state index in [2.05, 4.69) is 18.8 Å². The zero-order valence-corrected chi connectivity index (χ0v) is 16.3. The lowest BCUT2D eigenvalue weighted by Crippen LogP contribution is -2.14. The van der Waals surface area contributed by atoms with Crippen molar-refractivity contribution in [1.82, 2.24) is 0 Å². The lowest BCUT2D eigenvalue weighted by molar-refractivity contribution is -0.0925. The number of nitrogens with two attached hydrogens (primary N) is 1. The molecule has 0 bridgehead atoms. The Bertz CT molecular complexity index is 631. The highest BCUT2D eigenvalue weighted by atomic mass is 32.2. The summed E-state index contributed by atoms with van der Waals surface area (Å²) < 4.78 is 39.3. The highest BCUT2D eigenvalue weighted by molar-refractivity contribution is 8.14. The number of aliphatic hydroxyl groups is 1. The Morgan fingerprint density at radius 1 is 1.42 bits per heavy atom. The van der Waals surface area contributed by atoms with Crippen LogP contribution in [0.15, 0.2) is 52.0 Å². The molecule has 1 aliphatic heterocycles. The average molecular weight is 388 g/mol. The Morgan fingerprint density at radius 3 is 2.65 bits per heavy atom. The van der Waals surface area contributed by atoms with Gasteiger partial charge in [0.2, 0.25) is 0 Å². The first-order valence-corrected chi connectivity index (χ1v) is 9.69. The number of thioether (sulfide) groups is 1. The maximum absolute atomic E-state index is 13.1. The summed E-state index contributed by atoms with van der Waals surface area (Å²) in [7, 11) is 0. The van der Waals surface area contributed by atoms with Crippen molar-refractivity contribution in [2.75, 3.05) is 5.75 Å². The van der Waals surface area contributed by atoms with Crippen LogP contribution in [-0.4, -0.2) is 22.1 Å². The summed E-state index contributed by atoms with van der Waals surface area (Å²) in [6, 6.07) is 0. The van der Waals surface area contributed by atoms with Crippen LogP contribution in [0, 0.1) is 5.92 Å². The number of hydrogen-bond acceptors (Lipinski definition) is 4. The van der Waals surface area contributed by atoms with Gasteiger partial charge in [-0.2, -0.15) is 13.2 Å². The van der Waals surface area contributed by atoms with Crippen LogP contribution in [-0.2, 0) is 0 Å². The molecule has 0 aromatic rings. The Hall–Kier alpha value is -1.63. The van der Waals surface area contributed by atoms with Crippen LogP contribution in [0.5, 0.6) is 0 Å². The van der Waals surface area contributed by atoms with Gasteiger partial charge in [-0.3, -0.25) is 0 Å². The molecule has 0 fully saturated rings. The molecule has 0 aromatic heterocycles. The van der Waals surface area contributed by atoms with Gasteiger partial charge >= 0.3 is 6.18 Å². The van der Waals surface area contributed by atoms with Gasteiger partial charge in [0, 0.05) is 11.8 Å². The lowest BCUT2D eigenvalue weighted by Gasteiger charge is -2.19. The quantitative estimate of drug-likeness (QED) is 0.547. The van der Waals surface area contributed by atoms with Gasteiger partial charge in [-0.25, -0.2) is 4.99 Å². The van der Waals surface area contributed by atoms with Gasteiger partial charge in [0.1, 0.15) is 11.5 Å². The monoisotopic (exact) mass is 388 g/mol. The highest BCUT2D eigenvalue weighted by Crippen LogP contribution is 2.32. The topological polar surface area (TPSA) is 58.6 Å². The fourth-order valence-corrected chi connectivity index (χ4v) is 3.76. The Kier molecular flexibility index (Phi) is 9.05. The van der Waals surface area contributed by atoms with E-state index in [1.165, 1.54) is 29.6 Å². The number of aliphatic hydroxyl groups excluding tert-OH is 1. The molecule has 1 unspecified atom stereocenters. The first kappa shape index (κ1) is 22.4. The van der Waals surface area contributed by atoms with Crippen LogP contribution in [0.3, 0.4) is 0 Å². The van der Waals surface area contributed by atoms with Crippen LogP contribution in [0.1, 0.15) is 46.5 Å². The molecule has 0 radical (unpaired) electrons. The molecule has 0 amide bonds. The van der Waals surface area contributed by atoms with E-state index in [-0.39, 0.29) is 0 Å². The second-order valence-electron chi connectivity index (χ2n) is 6.06. The number of halogens is 3. The van der Waals surface area contributed by atoms with E-state index >= 15 is 0 Å². The van der Waals surface area contributed by atoms with E-state index in [0.29, 0.717) is 35.6 Å². The minimum atomic E-state index is -4.60. The minimum absolute atomic E-state index is 0.310. The van der Waals surface area contributed by atoms with E-state index < -0.39 is 17.6 Å². The van der Waals surface area contributed by atoms with Gasteiger partial charge < -0.3 is 10.8 Å². The molecule has 26 heavy (non-hydrogen) atoms. The zero-order chi connectivity index (χ0) is 19.7. The summed E-state index contributed by atoms with van der Waals surface area (Å²) in [5.74, 6) is 0.485. The highest BCUT2D eigenvalue weighted by Gasteiger charge is 2.34. The second kappa shape index (κ2) is 10.5. The van der Waals surface area contributed by atoms with Crippen molar-refractivity contribution >= 4 is 16.8 Å². The third kappa shape index (κ3) is 6.94. The first-order chi connectivity index (χ1) is 12.2. The Labute approximate surface area is 157 Å². The molecule has 1 aliphatic rings. The normalized spacial score (nSPS) is 22.5. The summed E-state index contributed by atoms with van der Waals surface area (Å²) in [5.41, 5.74) is 6.76. The van der Waals surface area contributed by atoms with Crippen molar-refractivity contribution in [1.29, 1.82) is 0 Å². The van der Waals surface area contributed by atoms with E-state index in [9.17, 15) is 18.3 Å². The summed E-state index contributed by atoms with van der Waals surface area (Å²) in [6.07, 6.45) is 3.40. The molecule has 3 nitrogen and oxygen atoms in total. The molecule has 0 saturated carbocycles. The van der Waals surface area contributed by atoms with Gasteiger partial charge in [0.15, 0.2) is 0 Å². The van der Waals surface area contributed by atoms with Gasteiger partial charge in [-0.05, 0) is 55.5 Å². The predicted octanol–water partition coefficient (Wildman–Crippen LogP) is 6.03. The molecule has 0 aromatic carbocycles. The molecule has 0 spiro atoms. The van der Waals surface area contributed by atoms with Gasteiger partial charge in [-0.1, -0.05) is 26.3 Å². The number of allylic oxidation sites excluding steroid dienone is 5. The van der Waals surface area contributed by atoms with Crippen LogP contribution >= 0.6 is 11.8 Å². The Morgan fingerprint density at radius 2 is 2.12 bits per heavy atom. The summed E-state index contributed by atoms with van der Waals surface area (Å²) >= 11 is 1.33. The standard InChI is InChI=1S/C19H27F3N2OS/c1-4-13(3)16(14(5-2)9-10-23)12-26-18-8-6-7-15(25)11-17(24-18)19(20,21)22/h7,9-11,13,25H,4-6,8,12,23H2,1-3H3/b10-9-,15-7+,16-14-,17-11-,24-18?. The van der Waals surface area contributed by atoms with Crippen LogP contribution in [0.2, 0.25) is 0 Å². The first-order valence-electron chi connectivity index (χ1n) is 8.71. The third-order valence-corrected chi connectivity index (χ3v) is 5.31. The molecule has 7 heteroatoms. The van der Waals surface area contributed by atoms with Crippen molar-refractivity contribution in [3.8, 4) is 0 Å². The number of hydrogen-bond donors (Lipinski definition) is 2. The van der Waals surface area contributed by atoms with Gasteiger partial charge in [-0.15, -0.1) is 11.8 Å². The molecule has 3 N–H and O–H groups in total. The average Bonchev–Trinajstić information content (AvgIpc) is 2.56. The van der Waals surface area contributed by atoms with Gasteiger partial charge in [0.25, 0.3) is 0 Å². The van der Waals surface area contributed by atoms with E-state index in [0.717, 1.165) is 18.4 Å². The molecule has 1 atom stereocenters. The van der Waals surface area contributed by atoms with Crippen molar-refractivity contribution in [3.63, 3.8) is 0 Å². The van der Waals surface area contributed by atoms with Crippen molar-refractivity contribution in [2.45, 2.75) is 52.6 Å². The maximum Gasteiger partial charge on any atom is 0.433 e.